The second-order valence-corrected chi connectivity index (χ2v) is 12.6. The van der Waals surface area contributed by atoms with Crippen molar-refractivity contribution in [3.05, 3.63) is 11.6 Å². The zero-order valence-corrected chi connectivity index (χ0v) is 24.0. The van der Waals surface area contributed by atoms with E-state index in [1.807, 2.05) is 13.8 Å². The summed E-state index contributed by atoms with van der Waals surface area (Å²) in [5, 5.41) is 23.5. The molecule has 0 heterocycles. The number of carbonyl (C=O) groups excluding carboxylic acids is 4. The van der Waals surface area contributed by atoms with Crippen LogP contribution in [0.3, 0.4) is 0 Å². The molecule has 0 radical (unpaired) electrons. The molecule has 0 aromatic heterocycles. The Morgan fingerprint density at radius 2 is 1.85 bits per heavy atom. The average Bonchev–Trinajstić information content (AvgIpc) is 3.18. The SMILES string of the molecule is CCCC(=O)O[C@]1(C(=O)COC(=O)C[C@@H](NC)C(=O)O)CCC2C3CCC4=CC(=O)CC[C@]4(C)C3[C@@H](O)C[C@@]21C. The van der Waals surface area contributed by atoms with E-state index in [2.05, 4.69) is 12.2 Å². The number of aliphatic carboxylic acids is 1. The van der Waals surface area contributed by atoms with Gasteiger partial charge in [0, 0.05) is 18.3 Å². The summed E-state index contributed by atoms with van der Waals surface area (Å²) in [5.41, 5.74) is -1.63. The van der Waals surface area contributed by atoms with E-state index >= 15 is 0 Å². The third-order valence-corrected chi connectivity index (χ3v) is 10.6. The lowest BCUT2D eigenvalue weighted by molar-refractivity contribution is -0.203. The summed E-state index contributed by atoms with van der Waals surface area (Å²) in [5.74, 6) is -2.97. The number of Topliss-reactive ketones (excluding diaryl/α,β-unsaturated/α-hetero) is 1. The van der Waals surface area contributed by atoms with Crippen molar-refractivity contribution >= 4 is 29.5 Å². The summed E-state index contributed by atoms with van der Waals surface area (Å²) in [4.78, 5) is 62.7. The molecule has 10 nitrogen and oxygen atoms in total. The van der Waals surface area contributed by atoms with Crippen molar-refractivity contribution in [3.8, 4) is 0 Å². The molecule has 0 saturated heterocycles. The molecule has 10 heteroatoms. The maximum absolute atomic E-state index is 13.9. The Hall–Kier alpha value is -2.59. The van der Waals surface area contributed by atoms with Crippen LogP contribution < -0.4 is 5.32 Å². The highest BCUT2D eigenvalue weighted by atomic mass is 16.6. The number of carbonyl (C=O) groups is 5. The molecule has 3 N–H and O–H groups in total. The number of esters is 2. The molecule has 4 aliphatic carbocycles. The molecule has 0 amide bonds. The molecular formula is C30H43NO9. The minimum absolute atomic E-state index is 0.00772. The van der Waals surface area contributed by atoms with Crippen molar-refractivity contribution in [2.45, 2.75) is 103 Å². The Labute approximate surface area is 235 Å². The lowest BCUT2D eigenvalue weighted by Gasteiger charge is -2.60. The Morgan fingerprint density at radius 3 is 2.50 bits per heavy atom. The van der Waals surface area contributed by atoms with Crippen LogP contribution in [-0.2, 0) is 33.4 Å². The monoisotopic (exact) mass is 561 g/mol. The van der Waals surface area contributed by atoms with Gasteiger partial charge in [-0.3, -0.25) is 24.0 Å². The van der Waals surface area contributed by atoms with Gasteiger partial charge in [0.1, 0.15) is 6.04 Å². The fourth-order valence-corrected chi connectivity index (χ4v) is 8.61. The summed E-state index contributed by atoms with van der Waals surface area (Å²) < 4.78 is 11.3. The van der Waals surface area contributed by atoms with Gasteiger partial charge in [0.15, 0.2) is 18.0 Å². The summed E-state index contributed by atoms with van der Waals surface area (Å²) in [7, 11) is 1.41. The molecule has 4 aliphatic rings. The van der Waals surface area contributed by atoms with Crippen LogP contribution in [0.5, 0.6) is 0 Å². The largest absolute Gasteiger partial charge is 0.480 e. The van der Waals surface area contributed by atoms with E-state index < -0.39 is 59.9 Å². The Balaban J connectivity index is 1.62. The number of aliphatic hydroxyl groups is 1. The van der Waals surface area contributed by atoms with Gasteiger partial charge in [-0.25, -0.2) is 0 Å². The fraction of sp³-hybridized carbons (Fsp3) is 0.767. The van der Waals surface area contributed by atoms with Crippen LogP contribution >= 0.6 is 0 Å². The lowest BCUT2D eigenvalue weighted by Crippen LogP contribution is -2.63. The zero-order chi connectivity index (χ0) is 29.5. The molecule has 0 bridgehead atoms. The first kappa shape index (κ1) is 30.4. The third kappa shape index (κ3) is 5.02. The van der Waals surface area contributed by atoms with Crippen molar-refractivity contribution in [2.24, 2.45) is 28.6 Å². The number of hydrogen-bond acceptors (Lipinski definition) is 9. The normalized spacial score (nSPS) is 37.3. The smallest absolute Gasteiger partial charge is 0.321 e. The van der Waals surface area contributed by atoms with Crippen LogP contribution in [0.25, 0.3) is 0 Å². The predicted molar refractivity (Wildman–Crippen MR) is 143 cm³/mol. The van der Waals surface area contributed by atoms with E-state index in [9.17, 15) is 34.2 Å². The van der Waals surface area contributed by atoms with Crippen LogP contribution in [-0.4, -0.2) is 71.1 Å². The fourth-order valence-electron chi connectivity index (χ4n) is 8.61. The summed E-state index contributed by atoms with van der Waals surface area (Å²) in [6.45, 7) is 5.27. The van der Waals surface area contributed by atoms with Crippen LogP contribution in [0.15, 0.2) is 11.6 Å². The standard InChI is InChI=1S/C30H43NO9/c1-5-6-24(35)40-30(23(34)16-39-25(36)14-21(31-4)27(37)38)12-10-20-19-8-7-17-13-18(32)9-11-28(17,2)26(19)22(33)15-29(20,30)3/h13,19-22,26,31,33H,5-12,14-16H2,1-4H3,(H,37,38)/t19?,20?,21-,22+,26?,28+,29+,30+/m1/s1. The number of likely N-dealkylation sites (N-methyl/N-ethyl adjacent to an activating group) is 1. The van der Waals surface area contributed by atoms with Gasteiger partial charge in [-0.15, -0.1) is 0 Å². The number of ether oxygens (including phenoxy) is 2. The van der Waals surface area contributed by atoms with E-state index in [-0.39, 0.29) is 48.2 Å². The minimum Gasteiger partial charge on any atom is -0.480 e. The van der Waals surface area contributed by atoms with Crippen LogP contribution in [0, 0.1) is 28.6 Å². The number of nitrogens with one attached hydrogen (secondary N) is 1. The highest BCUT2D eigenvalue weighted by Gasteiger charge is 2.70. The van der Waals surface area contributed by atoms with Crippen molar-refractivity contribution in [1.29, 1.82) is 0 Å². The predicted octanol–water partition coefficient (Wildman–Crippen LogP) is 2.75. The number of rotatable bonds is 10. The number of ketones is 2. The van der Waals surface area contributed by atoms with Crippen LogP contribution in [0.1, 0.15) is 85.0 Å². The average molecular weight is 562 g/mol. The molecular weight excluding hydrogens is 518 g/mol. The highest BCUT2D eigenvalue weighted by molar-refractivity contribution is 5.94. The van der Waals surface area contributed by atoms with Crippen molar-refractivity contribution in [1.82, 2.24) is 5.32 Å². The van der Waals surface area contributed by atoms with Gasteiger partial charge in [-0.05, 0) is 81.2 Å². The van der Waals surface area contributed by atoms with Crippen LogP contribution in [0.2, 0.25) is 0 Å². The third-order valence-electron chi connectivity index (χ3n) is 10.6. The zero-order valence-electron chi connectivity index (χ0n) is 24.0. The number of fused-ring (bicyclic) bond motifs is 5. The quantitative estimate of drug-likeness (QED) is 0.339. The van der Waals surface area contributed by atoms with Gasteiger partial charge in [-0.2, -0.15) is 0 Å². The van der Waals surface area contributed by atoms with Gasteiger partial charge >= 0.3 is 17.9 Å². The van der Waals surface area contributed by atoms with E-state index in [4.69, 9.17) is 9.47 Å². The summed E-state index contributed by atoms with van der Waals surface area (Å²) in [6, 6.07) is -1.15. The lowest BCUT2D eigenvalue weighted by atomic mass is 9.45. The number of carboxylic acids is 1. The number of carboxylic acid groups (broad SMARTS) is 1. The molecule has 4 rings (SSSR count). The number of hydrogen-bond donors (Lipinski definition) is 3. The molecule has 3 saturated carbocycles. The van der Waals surface area contributed by atoms with Crippen molar-refractivity contribution < 1.29 is 43.7 Å². The molecule has 0 aromatic rings. The van der Waals surface area contributed by atoms with Crippen molar-refractivity contribution in [2.75, 3.05) is 13.7 Å². The summed E-state index contributed by atoms with van der Waals surface area (Å²) in [6.07, 6.45) is 5.03. The van der Waals surface area contributed by atoms with E-state index in [0.29, 0.717) is 25.7 Å². The second kappa shape index (κ2) is 11.4. The number of allylic oxidation sites excluding steroid dienone is 1. The highest BCUT2D eigenvalue weighted by Crippen LogP contribution is 2.68. The molecule has 0 aliphatic heterocycles. The molecule has 40 heavy (non-hydrogen) atoms. The van der Waals surface area contributed by atoms with Crippen molar-refractivity contribution in [3.63, 3.8) is 0 Å². The molecule has 3 fully saturated rings. The Morgan fingerprint density at radius 1 is 1.12 bits per heavy atom. The first-order valence-electron chi connectivity index (χ1n) is 14.6. The maximum atomic E-state index is 13.9. The Bertz CT molecular complexity index is 1100. The van der Waals surface area contributed by atoms with Gasteiger partial charge in [0.25, 0.3) is 0 Å². The molecule has 3 unspecified atom stereocenters. The van der Waals surface area contributed by atoms with E-state index in [1.165, 1.54) is 7.05 Å². The van der Waals surface area contributed by atoms with Gasteiger partial charge in [-0.1, -0.05) is 26.3 Å². The first-order chi connectivity index (χ1) is 18.8. The van der Waals surface area contributed by atoms with Crippen LogP contribution in [0.4, 0.5) is 0 Å². The minimum atomic E-state index is -1.56. The summed E-state index contributed by atoms with van der Waals surface area (Å²) >= 11 is 0. The topological polar surface area (TPSA) is 156 Å². The Kier molecular flexibility index (Phi) is 8.62. The van der Waals surface area contributed by atoms with E-state index in [1.54, 1.807) is 6.08 Å². The first-order valence-corrected chi connectivity index (χ1v) is 14.6. The van der Waals surface area contributed by atoms with Gasteiger partial charge in [0.05, 0.1) is 12.5 Å². The molecule has 0 aromatic carbocycles. The maximum Gasteiger partial charge on any atom is 0.321 e. The molecule has 222 valence electrons. The van der Waals surface area contributed by atoms with Gasteiger partial charge < -0.3 is 25.0 Å². The van der Waals surface area contributed by atoms with Gasteiger partial charge in [0.2, 0.25) is 5.78 Å². The number of aliphatic hydroxyl groups excluding tert-OH is 1. The second-order valence-electron chi connectivity index (χ2n) is 12.6. The molecule has 8 atom stereocenters. The van der Waals surface area contributed by atoms with E-state index in [0.717, 1.165) is 18.4 Å². The molecule has 0 spiro atoms.